The lowest BCUT2D eigenvalue weighted by Gasteiger charge is -2.22. The predicted molar refractivity (Wildman–Crippen MR) is 63.0 cm³/mol. The number of aliphatic hydroxyl groups is 1. The van der Waals surface area contributed by atoms with Crippen LogP contribution in [0.5, 0.6) is 0 Å². The van der Waals surface area contributed by atoms with Crippen molar-refractivity contribution in [1.82, 2.24) is 0 Å². The number of benzene rings is 1. The molecule has 15 heavy (non-hydrogen) atoms. The number of fused-ring (bicyclic) bond motifs is 1. The van der Waals surface area contributed by atoms with Gasteiger partial charge in [0.25, 0.3) is 0 Å². The zero-order valence-electron chi connectivity index (χ0n) is 9.11. The lowest BCUT2D eigenvalue weighted by molar-refractivity contribution is 0.239. The Bertz CT molecular complexity index is 351. The Balaban J connectivity index is 2.14. The summed E-state index contributed by atoms with van der Waals surface area (Å²) in [4.78, 5) is 2.33. The molecule has 0 spiro atoms. The van der Waals surface area contributed by atoms with E-state index in [1.807, 2.05) is 6.07 Å². The second-order valence-corrected chi connectivity index (χ2v) is 4.37. The van der Waals surface area contributed by atoms with Gasteiger partial charge in [0.15, 0.2) is 0 Å². The van der Waals surface area contributed by atoms with Gasteiger partial charge in [-0.05, 0) is 36.1 Å². The van der Waals surface area contributed by atoms with E-state index in [2.05, 4.69) is 24.0 Å². The van der Waals surface area contributed by atoms with Crippen LogP contribution in [0.3, 0.4) is 0 Å². The summed E-state index contributed by atoms with van der Waals surface area (Å²) in [5.74, 6) is 0.327. The van der Waals surface area contributed by atoms with Gasteiger partial charge in [-0.25, -0.2) is 0 Å². The van der Waals surface area contributed by atoms with Crippen molar-refractivity contribution in [2.45, 2.75) is 13.3 Å². The molecule has 1 heterocycles. The topological polar surface area (TPSA) is 49.5 Å². The van der Waals surface area contributed by atoms with Gasteiger partial charge in [-0.2, -0.15) is 0 Å². The van der Waals surface area contributed by atoms with Crippen molar-refractivity contribution < 1.29 is 5.11 Å². The second kappa shape index (κ2) is 4.11. The number of anilines is 2. The molecule has 82 valence electrons. The average molecular weight is 206 g/mol. The smallest absolute Gasteiger partial charge is 0.0473 e. The number of rotatable bonds is 3. The van der Waals surface area contributed by atoms with E-state index in [0.717, 1.165) is 25.2 Å². The lowest BCUT2D eigenvalue weighted by Crippen LogP contribution is -2.27. The van der Waals surface area contributed by atoms with Gasteiger partial charge in [-0.1, -0.05) is 6.92 Å². The quantitative estimate of drug-likeness (QED) is 0.732. The van der Waals surface area contributed by atoms with Crippen LogP contribution in [-0.4, -0.2) is 24.8 Å². The van der Waals surface area contributed by atoms with Crippen LogP contribution in [0.25, 0.3) is 0 Å². The third-order valence-corrected chi connectivity index (χ3v) is 2.94. The van der Waals surface area contributed by atoms with Gasteiger partial charge in [0.2, 0.25) is 0 Å². The summed E-state index contributed by atoms with van der Waals surface area (Å²) >= 11 is 0. The molecule has 1 aromatic rings. The summed E-state index contributed by atoms with van der Waals surface area (Å²) in [6, 6.07) is 6.08. The van der Waals surface area contributed by atoms with E-state index in [4.69, 9.17) is 10.8 Å². The van der Waals surface area contributed by atoms with Crippen molar-refractivity contribution >= 4 is 11.4 Å². The maximum absolute atomic E-state index is 9.04. The molecule has 2 rings (SSSR count). The minimum absolute atomic E-state index is 0.251. The van der Waals surface area contributed by atoms with Crippen LogP contribution in [0.2, 0.25) is 0 Å². The van der Waals surface area contributed by atoms with Gasteiger partial charge in [-0.3, -0.25) is 0 Å². The van der Waals surface area contributed by atoms with E-state index in [9.17, 15) is 0 Å². The Hall–Kier alpha value is -1.22. The van der Waals surface area contributed by atoms with Crippen molar-refractivity contribution in [3.63, 3.8) is 0 Å². The van der Waals surface area contributed by atoms with Crippen LogP contribution in [0, 0.1) is 5.92 Å². The molecule has 3 nitrogen and oxygen atoms in total. The highest BCUT2D eigenvalue weighted by atomic mass is 16.3. The molecule has 0 fully saturated rings. The summed E-state index contributed by atoms with van der Waals surface area (Å²) in [7, 11) is 0. The van der Waals surface area contributed by atoms with Crippen LogP contribution in [0.1, 0.15) is 12.5 Å². The zero-order chi connectivity index (χ0) is 10.8. The van der Waals surface area contributed by atoms with Crippen molar-refractivity contribution in [2.75, 3.05) is 30.3 Å². The molecule has 3 N–H and O–H groups in total. The molecule has 0 amide bonds. The van der Waals surface area contributed by atoms with E-state index < -0.39 is 0 Å². The van der Waals surface area contributed by atoms with Gasteiger partial charge in [-0.15, -0.1) is 0 Å². The van der Waals surface area contributed by atoms with Crippen LogP contribution >= 0.6 is 0 Å². The molecule has 0 radical (unpaired) electrons. The van der Waals surface area contributed by atoms with Crippen LogP contribution in [0.15, 0.2) is 18.2 Å². The largest absolute Gasteiger partial charge is 0.399 e. The molecule has 1 atom stereocenters. The fourth-order valence-corrected chi connectivity index (χ4v) is 2.11. The van der Waals surface area contributed by atoms with Crippen LogP contribution in [-0.2, 0) is 6.42 Å². The van der Waals surface area contributed by atoms with Crippen molar-refractivity contribution in [2.24, 2.45) is 5.92 Å². The summed E-state index contributed by atoms with van der Waals surface area (Å²) in [6.07, 6.45) is 1.07. The Labute approximate surface area is 90.5 Å². The van der Waals surface area contributed by atoms with Crippen LogP contribution < -0.4 is 10.6 Å². The number of nitrogen functional groups attached to an aromatic ring is 1. The molecule has 0 saturated heterocycles. The summed E-state index contributed by atoms with van der Waals surface area (Å²) in [6.45, 7) is 4.28. The number of nitrogens with two attached hydrogens (primary N) is 1. The standard InChI is InChI=1S/C12H18N2O/c1-9(8-15)7-14-5-4-10-6-11(13)2-3-12(10)14/h2-3,6,9,15H,4-5,7-8,13H2,1H3. The number of hydrogen-bond acceptors (Lipinski definition) is 3. The summed E-state index contributed by atoms with van der Waals surface area (Å²) < 4.78 is 0. The van der Waals surface area contributed by atoms with Gasteiger partial charge in [0.1, 0.15) is 0 Å². The van der Waals surface area contributed by atoms with Gasteiger partial charge < -0.3 is 15.7 Å². The van der Waals surface area contributed by atoms with E-state index in [1.165, 1.54) is 11.3 Å². The van der Waals surface area contributed by atoms with Gasteiger partial charge >= 0.3 is 0 Å². The zero-order valence-corrected chi connectivity index (χ0v) is 9.11. The first kappa shape index (κ1) is 10.3. The normalized spacial score (nSPS) is 16.5. The molecule has 1 aliphatic rings. The van der Waals surface area contributed by atoms with E-state index in [0.29, 0.717) is 5.92 Å². The fourth-order valence-electron chi connectivity index (χ4n) is 2.11. The average Bonchev–Trinajstić information content (AvgIpc) is 2.60. The fraction of sp³-hybridized carbons (Fsp3) is 0.500. The number of hydrogen-bond donors (Lipinski definition) is 2. The Morgan fingerprint density at radius 2 is 2.33 bits per heavy atom. The highest BCUT2D eigenvalue weighted by Gasteiger charge is 2.20. The minimum atomic E-state index is 0.251. The molecule has 0 aromatic heterocycles. The third-order valence-electron chi connectivity index (χ3n) is 2.94. The Morgan fingerprint density at radius 3 is 3.07 bits per heavy atom. The highest BCUT2D eigenvalue weighted by Crippen LogP contribution is 2.29. The molecule has 0 bridgehead atoms. The minimum Gasteiger partial charge on any atom is -0.399 e. The molecule has 3 heteroatoms. The van der Waals surface area contributed by atoms with Crippen molar-refractivity contribution in [1.29, 1.82) is 0 Å². The first-order chi connectivity index (χ1) is 7.20. The SMILES string of the molecule is CC(CO)CN1CCc2cc(N)ccc21. The first-order valence-electron chi connectivity index (χ1n) is 5.45. The van der Waals surface area contributed by atoms with Gasteiger partial charge in [0.05, 0.1) is 0 Å². The monoisotopic (exact) mass is 206 g/mol. The molecule has 1 unspecified atom stereocenters. The number of aliphatic hydroxyl groups excluding tert-OH is 1. The van der Waals surface area contributed by atoms with Gasteiger partial charge in [0, 0.05) is 31.1 Å². The molecule has 0 aliphatic carbocycles. The first-order valence-corrected chi connectivity index (χ1v) is 5.45. The molecule has 1 aliphatic heterocycles. The molecule has 1 aromatic carbocycles. The van der Waals surface area contributed by atoms with Crippen molar-refractivity contribution in [3.05, 3.63) is 23.8 Å². The molecule has 0 saturated carbocycles. The predicted octanol–water partition coefficient (Wildman–Crippen LogP) is 1.26. The Kier molecular flexibility index (Phi) is 2.82. The Morgan fingerprint density at radius 1 is 1.53 bits per heavy atom. The van der Waals surface area contributed by atoms with Crippen LogP contribution in [0.4, 0.5) is 11.4 Å². The lowest BCUT2D eigenvalue weighted by atomic mass is 10.1. The highest BCUT2D eigenvalue weighted by molar-refractivity contribution is 5.62. The molecular formula is C12H18N2O. The maximum Gasteiger partial charge on any atom is 0.0473 e. The van der Waals surface area contributed by atoms with E-state index in [1.54, 1.807) is 0 Å². The summed E-state index contributed by atoms with van der Waals surface area (Å²) in [5, 5.41) is 9.04. The third kappa shape index (κ3) is 2.07. The maximum atomic E-state index is 9.04. The second-order valence-electron chi connectivity index (χ2n) is 4.37. The van der Waals surface area contributed by atoms with E-state index in [-0.39, 0.29) is 6.61 Å². The van der Waals surface area contributed by atoms with Crippen molar-refractivity contribution in [3.8, 4) is 0 Å². The summed E-state index contributed by atoms with van der Waals surface area (Å²) in [5.41, 5.74) is 9.20. The van der Waals surface area contributed by atoms with E-state index >= 15 is 0 Å². The number of nitrogens with zero attached hydrogens (tertiary/aromatic N) is 1. The molecular weight excluding hydrogens is 188 g/mol.